The Kier molecular flexibility index (Phi) is 7.02. The highest BCUT2D eigenvalue weighted by atomic mass is 16.6. The van der Waals surface area contributed by atoms with Crippen molar-refractivity contribution in [2.24, 2.45) is 0 Å². The van der Waals surface area contributed by atoms with E-state index in [1.54, 1.807) is 13.0 Å². The summed E-state index contributed by atoms with van der Waals surface area (Å²) in [5, 5.41) is 0. The molecule has 0 aliphatic rings. The Labute approximate surface area is 126 Å². The summed E-state index contributed by atoms with van der Waals surface area (Å²) in [6.45, 7) is 8.35. The van der Waals surface area contributed by atoms with Crippen LogP contribution in [0.5, 0.6) is 5.75 Å². The minimum atomic E-state index is -0.623. The Morgan fingerprint density at radius 3 is 2.48 bits per heavy atom. The van der Waals surface area contributed by atoms with Gasteiger partial charge in [0.05, 0.1) is 25.0 Å². The first-order chi connectivity index (χ1) is 9.97. The maximum absolute atomic E-state index is 11.9. The normalized spacial score (nSPS) is 12.2. The number of hydrogen-bond donors (Lipinski definition) is 1. The Balaban J connectivity index is 2.82. The van der Waals surface area contributed by atoms with E-state index in [2.05, 4.69) is 0 Å². The summed E-state index contributed by atoms with van der Waals surface area (Å²) in [7, 11) is 0. The average Bonchev–Trinajstić information content (AvgIpc) is 2.41. The molecule has 0 aliphatic carbocycles. The van der Waals surface area contributed by atoms with Crippen LogP contribution < -0.4 is 10.5 Å². The van der Waals surface area contributed by atoms with Crippen molar-refractivity contribution in [2.75, 3.05) is 18.9 Å². The molecule has 0 fully saturated rings. The third-order valence-corrected chi connectivity index (χ3v) is 2.78. The molecule has 0 aromatic heterocycles. The van der Waals surface area contributed by atoms with Crippen molar-refractivity contribution in [3.05, 3.63) is 23.8 Å². The Bertz CT molecular complexity index is 460. The van der Waals surface area contributed by atoms with E-state index in [-0.39, 0.29) is 12.1 Å². The van der Waals surface area contributed by atoms with E-state index in [9.17, 15) is 4.79 Å². The second-order valence-electron chi connectivity index (χ2n) is 4.93. The van der Waals surface area contributed by atoms with Gasteiger partial charge in [0, 0.05) is 6.42 Å². The fourth-order valence-electron chi connectivity index (χ4n) is 1.98. The zero-order valence-corrected chi connectivity index (χ0v) is 13.2. The fourth-order valence-corrected chi connectivity index (χ4v) is 1.98. The number of esters is 1. The van der Waals surface area contributed by atoms with Gasteiger partial charge in [-0.2, -0.15) is 0 Å². The highest BCUT2D eigenvalue weighted by Crippen LogP contribution is 2.23. The van der Waals surface area contributed by atoms with E-state index in [0.717, 1.165) is 5.56 Å². The molecular weight excluding hydrogens is 270 g/mol. The summed E-state index contributed by atoms with van der Waals surface area (Å²) >= 11 is 0. The van der Waals surface area contributed by atoms with Crippen LogP contribution in [0.1, 0.15) is 33.3 Å². The SMILES string of the molecule is CCOC(=O)C(Cc1ccc(OCC)c(N)c1)OC(C)C. The van der Waals surface area contributed by atoms with Crippen LogP contribution in [0.25, 0.3) is 0 Å². The Hall–Kier alpha value is -1.75. The molecular formula is C16H25NO4. The third kappa shape index (κ3) is 5.63. The summed E-state index contributed by atoms with van der Waals surface area (Å²) < 4.78 is 16.1. The second-order valence-corrected chi connectivity index (χ2v) is 4.93. The predicted octanol–water partition coefficient (Wildman–Crippen LogP) is 2.57. The molecule has 1 aromatic rings. The van der Waals surface area contributed by atoms with Gasteiger partial charge in [-0.25, -0.2) is 4.79 Å². The first kappa shape index (κ1) is 17.3. The molecule has 2 N–H and O–H groups in total. The number of rotatable bonds is 8. The van der Waals surface area contributed by atoms with E-state index in [4.69, 9.17) is 19.9 Å². The lowest BCUT2D eigenvalue weighted by atomic mass is 10.1. The first-order valence-electron chi connectivity index (χ1n) is 7.31. The molecule has 0 heterocycles. The molecule has 1 aromatic carbocycles. The third-order valence-electron chi connectivity index (χ3n) is 2.78. The summed E-state index contributed by atoms with van der Waals surface area (Å²) in [6, 6.07) is 5.50. The highest BCUT2D eigenvalue weighted by Gasteiger charge is 2.22. The molecule has 0 bridgehead atoms. The molecule has 0 saturated carbocycles. The van der Waals surface area contributed by atoms with Crippen molar-refractivity contribution >= 4 is 11.7 Å². The summed E-state index contributed by atoms with van der Waals surface area (Å²) in [5.74, 6) is 0.303. The number of carbonyl (C=O) groups excluding carboxylic acids is 1. The van der Waals surface area contributed by atoms with Gasteiger partial charge in [-0.05, 0) is 45.4 Å². The fraction of sp³-hybridized carbons (Fsp3) is 0.562. The van der Waals surface area contributed by atoms with E-state index in [1.807, 2.05) is 32.9 Å². The number of carbonyl (C=O) groups is 1. The topological polar surface area (TPSA) is 70.8 Å². The zero-order chi connectivity index (χ0) is 15.8. The van der Waals surface area contributed by atoms with Crippen LogP contribution in [-0.2, 0) is 20.7 Å². The van der Waals surface area contributed by atoms with Crippen LogP contribution in [0, 0.1) is 0 Å². The van der Waals surface area contributed by atoms with Crippen LogP contribution >= 0.6 is 0 Å². The number of nitrogen functional groups attached to an aromatic ring is 1. The van der Waals surface area contributed by atoms with Crippen molar-refractivity contribution in [3.8, 4) is 5.75 Å². The molecule has 21 heavy (non-hydrogen) atoms. The van der Waals surface area contributed by atoms with Crippen LogP contribution in [0.4, 0.5) is 5.69 Å². The summed E-state index contributed by atoms with van der Waals surface area (Å²) in [5.41, 5.74) is 7.41. The smallest absolute Gasteiger partial charge is 0.335 e. The van der Waals surface area contributed by atoms with Crippen LogP contribution in [0.2, 0.25) is 0 Å². The van der Waals surface area contributed by atoms with Crippen molar-refractivity contribution in [1.82, 2.24) is 0 Å². The van der Waals surface area contributed by atoms with Gasteiger partial charge in [0.2, 0.25) is 0 Å². The minimum absolute atomic E-state index is 0.0561. The molecule has 0 radical (unpaired) electrons. The lowest BCUT2D eigenvalue weighted by Crippen LogP contribution is -2.31. The standard InChI is InChI=1S/C16H25NO4/c1-5-19-14-8-7-12(9-13(14)17)10-15(21-11(3)4)16(18)20-6-2/h7-9,11,15H,5-6,10,17H2,1-4H3. The summed E-state index contributed by atoms with van der Waals surface area (Å²) in [6.07, 6.45) is -0.255. The monoisotopic (exact) mass is 295 g/mol. The molecule has 0 saturated heterocycles. The van der Waals surface area contributed by atoms with Gasteiger partial charge in [-0.15, -0.1) is 0 Å². The van der Waals surface area contributed by atoms with Crippen LogP contribution in [0.15, 0.2) is 18.2 Å². The maximum atomic E-state index is 11.9. The predicted molar refractivity (Wildman–Crippen MR) is 82.4 cm³/mol. The first-order valence-corrected chi connectivity index (χ1v) is 7.31. The molecule has 0 spiro atoms. The lowest BCUT2D eigenvalue weighted by molar-refractivity contribution is -0.159. The number of benzene rings is 1. The molecule has 118 valence electrons. The number of hydrogen-bond acceptors (Lipinski definition) is 5. The second kappa shape index (κ2) is 8.52. The molecule has 1 unspecified atom stereocenters. The van der Waals surface area contributed by atoms with E-state index < -0.39 is 6.10 Å². The van der Waals surface area contributed by atoms with Crippen molar-refractivity contribution in [3.63, 3.8) is 0 Å². The molecule has 0 aliphatic heterocycles. The van der Waals surface area contributed by atoms with Gasteiger partial charge in [-0.1, -0.05) is 6.07 Å². The van der Waals surface area contributed by atoms with E-state index >= 15 is 0 Å². The minimum Gasteiger partial charge on any atom is -0.492 e. The lowest BCUT2D eigenvalue weighted by Gasteiger charge is -2.19. The molecule has 1 rings (SSSR count). The molecule has 5 nitrogen and oxygen atoms in total. The average molecular weight is 295 g/mol. The van der Waals surface area contributed by atoms with Gasteiger partial charge in [-0.3, -0.25) is 0 Å². The number of ether oxygens (including phenoxy) is 3. The quantitative estimate of drug-likeness (QED) is 0.589. The summed E-state index contributed by atoms with van der Waals surface area (Å²) in [4.78, 5) is 11.9. The zero-order valence-electron chi connectivity index (χ0n) is 13.2. The van der Waals surface area contributed by atoms with E-state index in [1.165, 1.54) is 0 Å². The van der Waals surface area contributed by atoms with Crippen LogP contribution in [0.3, 0.4) is 0 Å². The van der Waals surface area contributed by atoms with Gasteiger partial charge < -0.3 is 19.9 Å². The molecule has 5 heteroatoms. The van der Waals surface area contributed by atoms with Crippen LogP contribution in [-0.4, -0.2) is 31.4 Å². The van der Waals surface area contributed by atoms with Gasteiger partial charge in [0.25, 0.3) is 0 Å². The van der Waals surface area contributed by atoms with Crippen molar-refractivity contribution in [1.29, 1.82) is 0 Å². The van der Waals surface area contributed by atoms with E-state index in [0.29, 0.717) is 31.1 Å². The van der Waals surface area contributed by atoms with Crippen molar-refractivity contribution < 1.29 is 19.0 Å². The molecule has 1 atom stereocenters. The Morgan fingerprint density at radius 1 is 1.24 bits per heavy atom. The highest BCUT2D eigenvalue weighted by molar-refractivity contribution is 5.75. The van der Waals surface area contributed by atoms with Gasteiger partial charge >= 0.3 is 5.97 Å². The molecule has 0 amide bonds. The van der Waals surface area contributed by atoms with Crippen molar-refractivity contribution in [2.45, 2.75) is 46.3 Å². The van der Waals surface area contributed by atoms with Gasteiger partial charge in [0.1, 0.15) is 5.75 Å². The Morgan fingerprint density at radius 2 is 1.95 bits per heavy atom. The van der Waals surface area contributed by atoms with Gasteiger partial charge in [0.15, 0.2) is 6.10 Å². The number of nitrogens with two attached hydrogens (primary N) is 1. The number of anilines is 1. The maximum Gasteiger partial charge on any atom is 0.335 e. The largest absolute Gasteiger partial charge is 0.492 e.